The molecular weight excluding hydrogens is 468 g/mol. The van der Waals surface area contributed by atoms with Crippen LogP contribution in [0, 0.1) is 24.2 Å². The summed E-state index contributed by atoms with van der Waals surface area (Å²) < 4.78 is 7.66. The number of nitrogens with zero attached hydrogens (tertiary/aromatic N) is 4. The summed E-state index contributed by atoms with van der Waals surface area (Å²) in [5.41, 5.74) is 1.28. The maximum absolute atomic E-state index is 13.2. The number of thioether (sulfide) groups is 1. The van der Waals surface area contributed by atoms with Crippen molar-refractivity contribution >= 4 is 46.1 Å². The number of rotatable bonds is 9. The Bertz CT molecular complexity index is 1070. The fourth-order valence-corrected chi connectivity index (χ4v) is 5.72. The minimum Gasteiger partial charge on any atom is -0.382 e. The number of ether oxygens (including phenoxy) is 1. The highest BCUT2D eigenvalue weighted by molar-refractivity contribution is 8.26. The first-order valence-corrected chi connectivity index (χ1v) is 13.3. The Balaban J connectivity index is 2.08. The lowest BCUT2D eigenvalue weighted by molar-refractivity contribution is -0.122. The Morgan fingerprint density at radius 3 is 2.56 bits per heavy atom. The van der Waals surface area contributed by atoms with Gasteiger partial charge in [0, 0.05) is 45.0 Å². The Labute approximate surface area is 211 Å². The first-order chi connectivity index (χ1) is 16.3. The molecule has 2 aliphatic heterocycles. The van der Waals surface area contributed by atoms with E-state index < -0.39 is 0 Å². The van der Waals surface area contributed by atoms with Gasteiger partial charge in [-0.25, -0.2) is 0 Å². The van der Waals surface area contributed by atoms with E-state index in [1.54, 1.807) is 16.4 Å². The van der Waals surface area contributed by atoms with Crippen LogP contribution in [0.1, 0.15) is 63.1 Å². The minimum absolute atomic E-state index is 0.129. The quantitative estimate of drug-likeness (QED) is 0.283. The van der Waals surface area contributed by atoms with E-state index in [-0.39, 0.29) is 17.0 Å². The van der Waals surface area contributed by atoms with Gasteiger partial charge in [-0.1, -0.05) is 37.8 Å². The van der Waals surface area contributed by atoms with Gasteiger partial charge in [0.1, 0.15) is 21.8 Å². The molecule has 0 bridgehead atoms. The third-order valence-corrected chi connectivity index (χ3v) is 7.78. The Hall–Kier alpha value is -2.15. The van der Waals surface area contributed by atoms with Gasteiger partial charge in [0.25, 0.3) is 11.5 Å². The molecule has 2 fully saturated rings. The molecule has 0 spiro atoms. The summed E-state index contributed by atoms with van der Waals surface area (Å²) >= 11 is 6.78. The molecule has 0 atom stereocenters. The maximum Gasteiger partial charge on any atom is 0.270 e. The average Bonchev–Trinajstić information content (AvgIpc) is 3.08. The van der Waals surface area contributed by atoms with E-state index in [0.717, 1.165) is 43.7 Å². The van der Waals surface area contributed by atoms with E-state index in [1.165, 1.54) is 11.8 Å². The molecule has 0 radical (unpaired) electrons. The van der Waals surface area contributed by atoms with Crippen molar-refractivity contribution in [2.45, 2.75) is 59.9 Å². The molecule has 1 aromatic heterocycles. The van der Waals surface area contributed by atoms with Gasteiger partial charge in [0.2, 0.25) is 0 Å². The maximum atomic E-state index is 13.2. The molecule has 2 aliphatic rings. The zero-order chi connectivity index (χ0) is 24.8. The van der Waals surface area contributed by atoms with Crippen molar-refractivity contribution in [3.05, 3.63) is 31.9 Å². The van der Waals surface area contributed by atoms with E-state index in [9.17, 15) is 14.9 Å². The number of nitriles is 1. The highest BCUT2D eigenvalue weighted by atomic mass is 32.2. The summed E-state index contributed by atoms with van der Waals surface area (Å²) in [6.45, 7) is 12.0. The van der Waals surface area contributed by atoms with Gasteiger partial charge >= 0.3 is 0 Å². The van der Waals surface area contributed by atoms with Crippen LogP contribution in [0.3, 0.4) is 0 Å². The molecule has 0 aromatic carbocycles. The van der Waals surface area contributed by atoms with Crippen LogP contribution in [-0.4, -0.2) is 52.5 Å². The Morgan fingerprint density at radius 1 is 1.24 bits per heavy atom. The molecule has 3 heterocycles. The fourth-order valence-electron chi connectivity index (χ4n) is 4.43. The predicted octanol–water partition coefficient (Wildman–Crippen LogP) is 4.30. The zero-order valence-corrected chi connectivity index (χ0v) is 22.2. The van der Waals surface area contributed by atoms with Gasteiger partial charge in [-0.2, -0.15) is 5.26 Å². The molecule has 1 amide bonds. The largest absolute Gasteiger partial charge is 0.382 e. The van der Waals surface area contributed by atoms with Crippen molar-refractivity contribution in [1.29, 1.82) is 5.26 Å². The Morgan fingerprint density at radius 2 is 1.94 bits per heavy atom. The van der Waals surface area contributed by atoms with Crippen LogP contribution >= 0.6 is 24.0 Å². The predicted molar refractivity (Wildman–Crippen MR) is 142 cm³/mol. The van der Waals surface area contributed by atoms with Gasteiger partial charge in [-0.15, -0.1) is 0 Å². The summed E-state index contributed by atoms with van der Waals surface area (Å²) in [5.74, 6) is 1.33. The number of carbonyl (C=O) groups excluding carboxylic acids is 1. The topological polar surface area (TPSA) is 78.6 Å². The molecule has 7 nitrogen and oxygen atoms in total. The summed E-state index contributed by atoms with van der Waals surface area (Å²) in [7, 11) is 0. The molecule has 0 saturated carbocycles. The highest BCUT2D eigenvalue weighted by Gasteiger charge is 2.33. The number of piperidine rings is 1. The molecule has 0 aliphatic carbocycles. The number of amides is 1. The van der Waals surface area contributed by atoms with Crippen LogP contribution in [0.5, 0.6) is 0 Å². The summed E-state index contributed by atoms with van der Waals surface area (Å²) in [6, 6.07) is 2.11. The molecule has 0 N–H and O–H groups in total. The fraction of sp³-hybridized carbons (Fsp3) is 0.600. The molecule has 3 rings (SSSR count). The standard InChI is InChI=1S/C25H34N4O3S2/c1-5-10-28-22(27-12-8-17(3)9-13-27)19(18(4)20(16-26)23(28)30)15-21-24(31)29(25(33)34-21)11-7-14-32-6-2/h15,17H,5-14H2,1-4H3/b21-15-. The first kappa shape index (κ1) is 26.5. The molecule has 0 unspecified atom stereocenters. The molecule has 184 valence electrons. The normalized spacial score (nSPS) is 18.3. The van der Waals surface area contributed by atoms with Crippen molar-refractivity contribution in [3.63, 3.8) is 0 Å². The van der Waals surface area contributed by atoms with Crippen molar-refractivity contribution < 1.29 is 9.53 Å². The monoisotopic (exact) mass is 502 g/mol. The van der Waals surface area contributed by atoms with Crippen LogP contribution in [0.4, 0.5) is 5.82 Å². The molecule has 34 heavy (non-hydrogen) atoms. The number of thiocarbonyl (C=S) groups is 1. The van der Waals surface area contributed by atoms with Crippen LogP contribution in [-0.2, 0) is 16.1 Å². The number of hydrogen-bond donors (Lipinski definition) is 0. The van der Waals surface area contributed by atoms with E-state index >= 15 is 0 Å². The number of anilines is 1. The second-order valence-corrected chi connectivity index (χ2v) is 10.5. The Kier molecular flexibility index (Phi) is 9.34. The van der Waals surface area contributed by atoms with E-state index in [1.807, 2.05) is 19.9 Å². The minimum atomic E-state index is -0.254. The van der Waals surface area contributed by atoms with Crippen molar-refractivity contribution in [2.24, 2.45) is 5.92 Å². The van der Waals surface area contributed by atoms with E-state index in [2.05, 4.69) is 17.9 Å². The molecule has 1 aromatic rings. The average molecular weight is 503 g/mol. The third kappa shape index (κ3) is 5.56. The van der Waals surface area contributed by atoms with Crippen LogP contribution in [0.2, 0.25) is 0 Å². The number of pyridine rings is 1. The third-order valence-electron chi connectivity index (χ3n) is 6.40. The molecule has 2 saturated heterocycles. The summed E-state index contributed by atoms with van der Waals surface area (Å²) in [4.78, 5) is 30.9. The van der Waals surface area contributed by atoms with Crippen LogP contribution < -0.4 is 10.5 Å². The van der Waals surface area contributed by atoms with Gasteiger partial charge in [-0.05, 0) is 57.1 Å². The second-order valence-electron chi connectivity index (χ2n) is 8.86. The molecule has 9 heteroatoms. The lowest BCUT2D eigenvalue weighted by Crippen LogP contribution is -2.39. The highest BCUT2D eigenvalue weighted by Crippen LogP contribution is 2.36. The number of carbonyl (C=O) groups is 1. The van der Waals surface area contributed by atoms with Gasteiger partial charge in [0.05, 0.1) is 4.91 Å². The van der Waals surface area contributed by atoms with Gasteiger partial charge in [-0.3, -0.25) is 19.1 Å². The van der Waals surface area contributed by atoms with Crippen molar-refractivity contribution in [2.75, 3.05) is 37.7 Å². The van der Waals surface area contributed by atoms with Crippen LogP contribution in [0.25, 0.3) is 6.08 Å². The first-order valence-electron chi connectivity index (χ1n) is 12.1. The van der Waals surface area contributed by atoms with Crippen LogP contribution in [0.15, 0.2) is 9.70 Å². The second kappa shape index (κ2) is 12.0. The van der Waals surface area contributed by atoms with E-state index in [0.29, 0.717) is 53.4 Å². The van der Waals surface area contributed by atoms with E-state index in [4.69, 9.17) is 17.0 Å². The lowest BCUT2D eigenvalue weighted by atomic mass is 9.97. The number of aromatic nitrogens is 1. The van der Waals surface area contributed by atoms with Gasteiger partial charge < -0.3 is 9.64 Å². The van der Waals surface area contributed by atoms with Crippen molar-refractivity contribution in [1.82, 2.24) is 9.47 Å². The summed E-state index contributed by atoms with van der Waals surface area (Å²) in [5, 5.41) is 9.78. The molecular formula is C25H34N4O3S2. The smallest absolute Gasteiger partial charge is 0.270 e. The SMILES string of the molecule is CCCn1c(N2CCC(C)CC2)c(/C=C2\SC(=S)N(CCCOCC)C2=O)c(C)c(C#N)c1=O. The van der Waals surface area contributed by atoms with Crippen molar-refractivity contribution in [3.8, 4) is 6.07 Å². The number of hydrogen-bond acceptors (Lipinski definition) is 7. The summed E-state index contributed by atoms with van der Waals surface area (Å²) in [6.07, 6.45) is 5.41. The zero-order valence-electron chi connectivity index (χ0n) is 20.6. The lowest BCUT2D eigenvalue weighted by Gasteiger charge is -2.35. The van der Waals surface area contributed by atoms with Gasteiger partial charge in [0.15, 0.2) is 0 Å².